The molecule has 1 saturated carbocycles. The van der Waals surface area contributed by atoms with Crippen LogP contribution in [0.15, 0.2) is 18.5 Å². The fourth-order valence-electron chi connectivity index (χ4n) is 2.50. The topological polar surface area (TPSA) is 34.1 Å². The van der Waals surface area contributed by atoms with Crippen LogP contribution in [0.5, 0.6) is 5.75 Å². The molecule has 1 fully saturated rings. The molecule has 19 heavy (non-hydrogen) atoms. The number of hydrogen-bond acceptors (Lipinski definition) is 3. The predicted molar refractivity (Wildman–Crippen MR) is 78.3 cm³/mol. The Hall–Kier alpha value is -1.09. The second-order valence-electron chi connectivity index (χ2n) is 6.02. The van der Waals surface area contributed by atoms with E-state index in [2.05, 4.69) is 31.1 Å². The van der Waals surface area contributed by atoms with E-state index in [0.29, 0.717) is 12.1 Å². The van der Waals surface area contributed by atoms with Crippen LogP contribution in [-0.4, -0.2) is 17.1 Å². The molecule has 0 aromatic carbocycles. The van der Waals surface area contributed by atoms with Gasteiger partial charge in [-0.3, -0.25) is 4.98 Å². The van der Waals surface area contributed by atoms with Crippen LogP contribution in [0.1, 0.15) is 52.0 Å². The maximum absolute atomic E-state index is 6.19. The SMILES string of the molecule is CC1CCC(Oc2ccncc2CNC(C)C)CC1. The molecule has 106 valence electrons. The Kier molecular flexibility index (Phi) is 5.20. The highest BCUT2D eigenvalue weighted by Crippen LogP contribution is 2.28. The maximum Gasteiger partial charge on any atom is 0.127 e. The summed E-state index contributed by atoms with van der Waals surface area (Å²) in [5.74, 6) is 1.86. The van der Waals surface area contributed by atoms with Crippen LogP contribution in [0.3, 0.4) is 0 Å². The van der Waals surface area contributed by atoms with Crippen molar-refractivity contribution in [3.8, 4) is 5.75 Å². The Bertz CT molecular complexity index is 384. The number of pyridine rings is 1. The van der Waals surface area contributed by atoms with Crippen LogP contribution in [-0.2, 0) is 6.54 Å². The van der Waals surface area contributed by atoms with E-state index in [1.54, 1.807) is 0 Å². The molecule has 0 bridgehead atoms. The van der Waals surface area contributed by atoms with Gasteiger partial charge in [0.2, 0.25) is 0 Å². The van der Waals surface area contributed by atoms with Crippen LogP contribution in [0.2, 0.25) is 0 Å². The molecule has 3 nitrogen and oxygen atoms in total. The third-order valence-corrected chi connectivity index (χ3v) is 3.82. The van der Waals surface area contributed by atoms with Gasteiger partial charge in [-0.25, -0.2) is 0 Å². The third-order valence-electron chi connectivity index (χ3n) is 3.82. The van der Waals surface area contributed by atoms with Crippen molar-refractivity contribution in [2.24, 2.45) is 5.92 Å². The molecule has 1 aliphatic rings. The summed E-state index contributed by atoms with van der Waals surface area (Å²) >= 11 is 0. The van der Waals surface area contributed by atoms with E-state index >= 15 is 0 Å². The monoisotopic (exact) mass is 262 g/mol. The first-order valence-corrected chi connectivity index (χ1v) is 7.48. The van der Waals surface area contributed by atoms with Crippen LogP contribution in [0.25, 0.3) is 0 Å². The summed E-state index contributed by atoms with van der Waals surface area (Å²) in [6.45, 7) is 7.46. The first kappa shape index (κ1) is 14.3. The van der Waals surface area contributed by atoms with E-state index < -0.39 is 0 Å². The summed E-state index contributed by atoms with van der Waals surface area (Å²) in [4.78, 5) is 4.21. The number of hydrogen-bond donors (Lipinski definition) is 1. The highest BCUT2D eigenvalue weighted by atomic mass is 16.5. The van der Waals surface area contributed by atoms with Crippen molar-refractivity contribution < 1.29 is 4.74 Å². The summed E-state index contributed by atoms with van der Waals surface area (Å²) in [5.41, 5.74) is 1.16. The van der Waals surface area contributed by atoms with Gasteiger partial charge in [0.15, 0.2) is 0 Å². The predicted octanol–water partition coefficient (Wildman–Crippen LogP) is 3.54. The van der Waals surface area contributed by atoms with Crippen molar-refractivity contribution >= 4 is 0 Å². The largest absolute Gasteiger partial charge is 0.490 e. The van der Waals surface area contributed by atoms with E-state index in [4.69, 9.17) is 4.74 Å². The molecule has 0 saturated heterocycles. The zero-order valence-electron chi connectivity index (χ0n) is 12.4. The molecule has 2 rings (SSSR count). The molecule has 1 aliphatic carbocycles. The van der Waals surface area contributed by atoms with Gasteiger partial charge in [0, 0.05) is 30.5 Å². The number of ether oxygens (including phenoxy) is 1. The average molecular weight is 262 g/mol. The number of nitrogens with one attached hydrogen (secondary N) is 1. The van der Waals surface area contributed by atoms with Gasteiger partial charge in [0.05, 0.1) is 6.10 Å². The van der Waals surface area contributed by atoms with E-state index in [0.717, 1.165) is 23.8 Å². The van der Waals surface area contributed by atoms with Crippen molar-refractivity contribution in [1.82, 2.24) is 10.3 Å². The van der Waals surface area contributed by atoms with Gasteiger partial charge in [-0.2, -0.15) is 0 Å². The smallest absolute Gasteiger partial charge is 0.127 e. The first-order valence-electron chi connectivity index (χ1n) is 7.48. The minimum atomic E-state index is 0.386. The van der Waals surface area contributed by atoms with Crippen molar-refractivity contribution in [1.29, 1.82) is 0 Å². The lowest BCUT2D eigenvalue weighted by Crippen LogP contribution is -2.25. The quantitative estimate of drug-likeness (QED) is 0.881. The molecule has 0 radical (unpaired) electrons. The molecule has 1 aromatic heterocycles. The lowest BCUT2D eigenvalue weighted by Gasteiger charge is -2.27. The minimum Gasteiger partial charge on any atom is -0.490 e. The lowest BCUT2D eigenvalue weighted by atomic mass is 9.89. The van der Waals surface area contributed by atoms with E-state index in [9.17, 15) is 0 Å². The maximum atomic E-state index is 6.19. The van der Waals surface area contributed by atoms with Crippen LogP contribution in [0, 0.1) is 5.92 Å². The third kappa shape index (κ3) is 4.50. The van der Waals surface area contributed by atoms with Gasteiger partial charge >= 0.3 is 0 Å². The molecule has 0 aliphatic heterocycles. The van der Waals surface area contributed by atoms with Crippen LogP contribution >= 0.6 is 0 Å². The summed E-state index contributed by atoms with van der Waals surface area (Å²) < 4.78 is 6.19. The normalized spacial score (nSPS) is 23.6. The molecule has 1 aromatic rings. The van der Waals surface area contributed by atoms with E-state index in [-0.39, 0.29) is 0 Å². The zero-order chi connectivity index (χ0) is 13.7. The Morgan fingerprint density at radius 3 is 2.74 bits per heavy atom. The molecular formula is C16H26N2O. The standard InChI is InChI=1S/C16H26N2O/c1-12(2)18-11-14-10-17-9-8-16(14)19-15-6-4-13(3)5-7-15/h8-10,12-13,15,18H,4-7,11H2,1-3H3. The fourth-order valence-corrected chi connectivity index (χ4v) is 2.50. The Morgan fingerprint density at radius 2 is 2.05 bits per heavy atom. The van der Waals surface area contributed by atoms with Gasteiger partial charge in [0.25, 0.3) is 0 Å². The molecular weight excluding hydrogens is 236 g/mol. The number of rotatable bonds is 5. The summed E-state index contributed by atoms with van der Waals surface area (Å²) in [6, 6.07) is 2.47. The first-order chi connectivity index (χ1) is 9.15. The van der Waals surface area contributed by atoms with Gasteiger partial charge in [-0.15, -0.1) is 0 Å². The average Bonchev–Trinajstić information content (AvgIpc) is 2.40. The summed E-state index contributed by atoms with van der Waals surface area (Å²) in [5, 5.41) is 3.43. The van der Waals surface area contributed by atoms with E-state index in [1.807, 2.05) is 18.5 Å². The van der Waals surface area contributed by atoms with Crippen molar-refractivity contribution in [3.05, 3.63) is 24.0 Å². The molecule has 0 atom stereocenters. The molecule has 1 N–H and O–H groups in total. The van der Waals surface area contributed by atoms with Crippen LogP contribution in [0.4, 0.5) is 0 Å². The second-order valence-corrected chi connectivity index (χ2v) is 6.02. The Balaban J connectivity index is 1.95. The minimum absolute atomic E-state index is 0.386. The second kappa shape index (κ2) is 6.90. The Morgan fingerprint density at radius 1 is 1.32 bits per heavy atom. The van der Waals surface area contributed by atoms with Gasteiger partial charge in [0.1, 0.15) is 5.75 Å². The Labute approximate surface area is 116 Å². The van der Waals surface area contributed by atoms with Crippen molar-refractivity contribution in [3.63, 3.8) is 0 Å². The molecule has 0 spiro atoms. The van der Waals surface area contributed by atoms with Crippen molar-refractivity contribution in [2.75, 3.05) is 0 Å². The number of nitrogens with zero attached hydrogens (tertiary/aromatic N) is 1. The van der Waals surface area contributed by atoms with Gasteiger partial charge in [-0.1, -0.05) is 20.8 Å². The fraction of sp³-hybridized carbons (Fsp3) is 0.688. The van der Waals surface area contributed by atoms with Crippen LogP contribution < -0.4 is 10.1 Å². The highest BCUT2D eigenvalue weighted by Gasteiger charge is 2.20. The summed E-state index contributed by atoms with van der Waals surface area (Å²) in [7, 11) is 0. The molecule has 0 unspecified atom stereocenters. The highest BCUT2D eigenvalue weighted by molar-refractivity contribution is 5.30. The molecule has 3 heteroatoms. The molecule has 1 heterocycles. The summed E-state index contributed by atoms with van der Waals surface area (Å²) in [6.07, 6.45) is 9.05. The number of aromatic nitrogens is 1. The van der Waals surface area contributed by atoms with E-state index in [1.165, 1.54) is 25.7 Å². The van der Waals surface area contributed by atoms with Gasteiger partial charge in [-0.05, 0) is 37.7 Å². The lowest BCUT2D eigenvalue weighted by molar-refractivity contribution is 0.134. The van der Waals surface area contributed by atoms with Gasteiger partial charge < -0.3 is 10.1 Å². The van der Waals surface area contributed by atoms with Crippen molar-refractivity contribution in [2.45, 2.75) is 65.1 Å². The zero-order valence-corrected chi connectivity index (χ0v) is 12.4. The molecule has 0 amide bonds.